The number of hydrogen-bond donors (Lipinski definition) is 0. The lowest BCUT2D eigenvalue weighted by molar-refractivity contribution is 0.0673. The minimum atomic E-state index is 0.0887. The first-order valence-corrected chi connectivity index (χ1v) is 8.59. The quantitative estimate of drug-likeness (QED) is 0.739. The van der Waals surface area contributed by atoms with Crippen LogP contribution in [0.5, 0.6) is 0 Å². The summed E-state index contributed by atoms with van der Waals surface area (Å²) in [5, 5.41) is 4.42. The van der Waals surface area contributed by atoms with Gasteiger partial charge in [0, 0.05) is 42.9 Å². The summed E-state index contributed by atoms with van der Waals surface area (Å²) in [4.78, 5) is 18.8. The number of nitrogens with zero attached hydrogens (tertiary/aromatic N) is 5. The van der Waals surface area contributed by atoms with E-state index in [1.807, 2.05) is 57.7 Å². The van der Waals surface area contributed by atoms with Crippen molar-refractivity contribution in [1.82, 2.24) is 24.2 Å². The summed E-state index contributed by atoms with van der Waals surface area (Å²) in [6.45, 7) is 3.55. The van der Waals surface area contributed by atoms with E-state index in [4.69, 9.17) is 0 Å². The zero-order chi connectivity index (χ0) is 17.2. The van der Waals surface area contributed by atoms with Gasteiger partial charge in [0.05, 0.1) is 18.6 Å². The van der Waals surface area contributed by atoms with Crippen molar-refractivity contribution >= 4 is 5.91 Å². The molecule has 0 N–H and O–H groups in total. The van der Waals surface area contributed by atoms with Crippen molar-refractivity contribution in [2.24, 2.45) is 0 Å². The van der Waals surface area contributed by atoms with E-state index < -0.39 is 0 Å². The predicted octanol–water partition coefficient (Wildman–Crippen LogP) is 2.85. The topological polar surface area (TPSA) is 56.0 Å². The molecule has 3 heterocycles. The first kappa shape index (κ1) is 15.6. The van der Waals surface area contributed by atoms with Gasteiger partial charge in [0.25, 0.3) is 5.91 Å². The fourth-order valence-corrected chi connectivity index (χ4v) is 3.36. The Bertz CT molecular complexity index is 850. The molecular weight excluding hydrogens is 314 g/mol. The summed E-state index contributed by atoms with van der Waals surface area (Å²) in [5.41, 5.74) is 2.87. The molecule has 6 heteroatoms. The van der Waals surface area contributed by atoms with E-state index in [2.05, 4.69) is 16.3 Å². The number of benzene rings is 1. The number of imidazole rings is 1. The maximum atomic E-state index is 12.9. The van der Waals surface area contributed by atoms with Gasteiger partial charge in [-0.1, -0.05) is 0 Å². The molecule has 128 valence electrons. The van der Waals surface area contributed by atoms with Gasteiger partial charge in [0.15, 0.2) is 0 Å². The van der Waals surface area contributed by atoms with Crippen molar-refractivity contribution in [2.75, 3.05) is 13.1 Å². The molecule has 2 aromatic heterocycles. The highest BCUT2D eigenvalue weighted by Crippen LogP contribution is 2.23. The van der Waals surface area contributed by atoms with Crippen molar-refractivity contribution in [3.8, 4) is 5.69 Å². The van der Waals surface area contributed by atoms with Crippen LogP contribution in [0.15, 0.2) is 55.4 Å². The number of rotatable bonds is 3. The van der Waals surface area contributed by atoms with E-state index in [9.17, 15) is 4.79 Å². The molecule has 0 saturated carbocycles. The van der Waals surface area contributed by atoms with Crippen molar-refractivity contribution < 1.29 is 4.79 Å². The Morgan fingerprint density at radius 3 is 2.76 bits per heavy atom. The van der Waals surface area contributed by atoms with Crippen LogP contribution in [0, 0.1) is 6.92 Å². The molecule has 0 spiro atoms. The molecule has 1 aliphatic heterocycles. The number of carbonyl (C=O) groups is 1. The molecule has 1 fully saturated rings. The number of piperidine rings is 1. The highest BCUT2D eigenvalue weighted by molar-refractivity contribution is 5.94. The summed E-state index contributed by atoms with van der Waals surface area (Å²) < 4.78 is 3.92. The fourth-order valence-electron chi connectivity index (χ4n) is 3.36. The zero-order valence-electron chi connectivity index (χ0n) is 14.2. The van der Waals surface area contributed by atoms with Crippen molar-refractivity contribution in [3.63, 3.8) is 0 Å². The van der Waals surface area contributed by atoms with Crippen LogP contribution in [-0.4, -0.2) is 43.2 Å². The summed E-state index contributed by atoms with van der Waals surface area (Å²) in [7, 11) is 0. The van der Waals surface area contributed by atoms with Crippen LogP contribution in [-0.2, 0) is 0 Å². The molecule has 1 saturated heterocycles. The Morgan fingerprint density at radius 2 is 2.08 bits per heavy atom. The van der Waals surface area contributed by atoms with Crippen LogP contribution in [0.3, 0.4) is 0 Å². The lowest BCUT2D eigenvalue weighted by Crippen LogP contribution is -2.40. The molecule has 6 nitrogen and oxygen atoms in total. The maximum Gasteiger partial charge on any atom is 0.253 e. The third kappa shape index (κ3) is 3.20. The molecule has 0 bridgehead atoms. The standard InChI is InChI=1S/C19H21N5O/c1-15-11-21-24(12-15)18-3-2-9-22(13-18)19(25)16-4-6-17(7-5-16)23-10-8-20-14-23/h4-8,10-12,14,18H,2-3,9,13H2,1H3/t18-/m1/s1. The number of likely N-dealkylation sites (tertiary alicyclic amines) is 1. The molecule has 1 aliphatic rings. The highest BCUT2D eigenvalue weighted by Gasteiger charge is 2.25. The fraction of sp³-hybridized carbons (Fsp3) is 0.316. The van der Waals surface area contributed by atoms with E-state index in [0.717, 1.165) is 36.2 Å². The van der Waals surface area contributed by atoms with Crippen molar-refractivity contribution in [3.05, 3.63) is 66.5 Å². The monoisotopic (exact) mass is 335 g/mol. The smallest absolute Gasteiger partial charge is 0.253 e. The number of carbonyl (C=O) groups excluding carboxylic acids is 1. The highest BCUT2D eigenvalue weighted by atomic mass is 16.2. The second-order valence-electron chi connectivity index (χ2n) is 6.56. The normalized spacial score (nSPS) is 17.6. The van der Waals surface area contributed by atoms with Gasteiger partial charge in [-0.3, -0.25) is 9.48 Å². The summed E-state index contributed by atoms with van der Waals surface area (Å²) in [6, 6.07) is 7.94. The average molecular weight is 335 g/mol. The lowest BCUT2D eigenvalue weighted by atomic mass is 10.0. The average Bonchev–Trinajstić information content (AvgIpc) is 3.33. The van der Waals surface area contributed by atoms with Crippen LogP contribution in [0.4, 0.5) is 0 Å². The number of amides is 1. The summed E-state index contributed by atoms with van der Waals surface area (Å²) >= 11 is 0. The largest absolute Gasteiger partial charge is 0.337 e. The van der Waals surface area contributed by atoms with Crippen LogP contribution in [0.1, 0.15) is 34.8 Å². The molecule has 0 radical (unpaired) electrons. The Kier molecular flexibility index (Phi) is 4.09. The minimum Gasteiger partial charge on any atom is -0.337 e. The van der Waals surface area contributed by atoms with Gasteiger partial charge in [-0.2, -0.15) is 5.10 Å². The molecule has 1 atom stereocenters. The molecule has 0 unspecified atom stereocenters. The van der Waals surface area contributed by atoms with Gasteiger partial charge in [0.1, 0.15) is 0 Å². The molecule has 3 aromatic rings. The first-order chi connectivity index (χ1) is 12.2. The van der Waals surface area contributed by atoms with Crippen LogP contribution in [0.2, 0.25) is 0 Å². The second kappa shape index (κ2) is 6.55. The number of hydrogen-bond acceptors (Lipinski definition) is 3. The Hall–Kier alpha value is -2.89. The molecular formula is C19H21N5O. The van der Waals surface area contributed by atoms with E-state index in [0.29, 0.717) is 6.54 Å². The Morgan fingerprint density at radius 1 is 1.24 bits per heavy atom. The van der Waals surface area contributed by atoms with Crippen molar-refractivity contribution in [2.45, 2.75) is 25.8 Å². The Labute approximate surface area is 146 Å². The van der Waals surface area contributed by atoms with Gasteiger partial charge in [0.2, 0.25) is 0 Å². The van der Waals surface area contributed by atoms with Gasteiger partial charge < -0.3 is 9.47 Å². The third-order valence-corrected chi connectivity index (χ3v) is 4.71. The summed E-state index contributed by atoms with van der Waals surface area (Å²) in [6.07, 6.45) is 11.4. The first-order valence-electron chi connectivity index (χ1n) is 8.59. The molecule has 0 aliphatic carbocycles. The molecule has 1 aromatic carbocycles. The number of aryl methyl sites for hydroxylation is 1. The zero-order valence-corrected chi connectivity index (χ0v) is 14.2. The molecule has 1 amide bonds. The van der Waals surface area contributed by atoms with Gasteiger partial charge in [-0.05, 0) is 49.6 Å². The minimum absolute atomic E-state index is 0.0887. The molecule has 4 rings (SSSR count). The van der Waals surface area contributed by atoms with E-state index in [-0.39, 0.29) is 11.9 Å². The van der Waals surface area contributed by atoms with Gasteiger partial charge in [-0.25, -0.2) is 4.98 Å². The Balaban J connectivity index is 1.48. The van der Waals surface area contributed by atoms with Crippen LogP contribution < -0.4 is 0 Å². The van der Waals surface area contributed by atoms with E-state index in [1.165, 1.54) is 0 Å². The van der Waals surface area contributed by atoms with Crippen LogP contribution >= 0.6 is 0 Å². The van der Waals surface area contributed by atoms with Gasteiger partial charge in [-0.15, -0.1) is 0 Å². The van der Waals surface area contributed by atoms with Crippen molar-refractivity contribution in [1.29, 1.82) is 0 Å². The maximum absolute atomic E-state index is 12.9. The second-order valence-corrected chi connectivity index (χ2v) is 6.56. The van der Waals surface area contributed by atoms with E-state index >= 15 is 0 Å². The number of aromatic nitrogens is 4. The SMILES string of the molecule is Cc1cnn([C@@H]2CCCN(C(=O)c3ccc(-n4ccnc4)cc3)C2)c1. The predicted molar refractivity (Wildman–Crippen MR) is 94.7 cm³/mol. The van der Waals surface area contributed by atoms with Crippen LogP contribution in [0.25, 0.3) is 5.69 Å². The lowest BCUT2D eigenvalue weighted by Gasteiger charge is -2.33. The summed E-state index contributed by atoms with van der Waals surface area (Å²) in [5.74, 6) is 0.0887. The third-order valence-electron chi connectivity index (χ3n) is 4.71. The molecule has 25 heavy (non-hydrogen) atoms. The van der Waals surface area contributed by atoms with E-state index in [1.54, 1.807) is 12.5 Å². The van der Waals surface area contributed by atoms with Gasteiger partial charge >= 0.3 is 0 Å².